The molecule has 1 fully saturated rings. The second kappa shape index (κ2) is 9.47. The summed E-state index contributed by atoms with van der Waals surface area (Å²) >= 11 is 0. The maximum atomic E-state index is 12.5. The van der Waals surface area contributed by atoms with E-state index in [0.717, 1.165) is 37.7 Å². The number of nitrogens with two attached hydrogens (primary N) is 1. The van der Waals surface area contributed by atoms with Crippen molar-refractivity contribution in [3.63, 3.8) is 0 Å². The minimum Gasteiger partial charge on any atom is -0.445 e. The van der Waals surface area contributed by atoms with Gasteiger partial charge >= 0.3 is 12.1 Å². The van der Waals surface area contributed by atoms with Crippen molar-refractivity contribution < 1.29 is 22.7 Å². The van der Waals surface area contributed by atoms with Crippen LogP contribution in [0.1, 0.15) is 58.4 Å². The highest BCUT2D eigenvalue weighted by atomic mass is 32.2. The van der Waals surface area contributed by atoms with Gasteiger partial charge in [-0.2, -0.15) is 0 Å². The smallest absolute Gasteiger partial charge is 0.404 e. The van der Waals surface area contributed by atoms with Crippen molar-refractivity contribution in [2.75, 3.05) is 0 Å². The lowest BCUT2D eigenvalue weighted by atomic mass is 9.85. The van der Waals surface area contributed by atoms with Crippen LogP contribution in [-0.4, -0.2) is 32.7 Å². The zero-order valence-electron chi connectivity index (χ0n) is 17.2. The van der Waals surface area contributed by atoms with Gasteiger partial charge in [0.1, 0.15) is 6.10 Å². The Morgan fingerprint density at radius 1 is 1.14 bits per heavy atom. The van der Waals surface area contributed by atoms with Gasteiger partial charge in [0.2, 0.25) is 0 Å². The number of urea groups is 1. The second-order valence-electron chi connectivity index (χ2n) is 8.55. The van der Waals surface area contributed by atoms with Gasteiger partial charge in [-0.25, -0.2) is 22.7 Å². The number of nitrogens with one attached hydrogen (secondary N) is 2. The summed E-state index contributed by atoms with van der Waals surface area (Å²) in [5.41, 5.74) is 5.61. The highest BCUT2D eigenvalue weighted by Crippen LogP contribution is 2.26. The summed E-state index contributed by atoms with van der Waals surface area (Å²) in [4.78, 5) is 23.2. The predicted molar refractivity (Wildman–Crippen MR) is 110 cm³/mol. The summed E-state index contributed by atoms with van der Waals surface area (Å²) in [6, 6.07) is 5.43. The SMILES string of the molecule is CC(C)(C)C(Cc1ccc(S(=O)(=O)NC(=O)NC2CCCCC2)cc1)OC(N)=O. The Morgan fingerprint density at radius 3 is 2.24 bits per heavy atom. The molecule has 4 N–H and O–H groups in total. The number of hydrogen-bond acceptors (Lipinski definition) is 5. The third-order valence-corrected chi connectivity index (χ3v) is 6.39. The quantitative estimate of drug-likeness (QED) is 0.645. The largest absolute Gasteiger partial charge is 0.445 e. The molecule has 1 saturated carbocycles. The Bertz CT molecular complexity index is 810. The number of carbonyl (C=O) groups is 2. The van der Waals surface area contributed by atoms with Crippen LogP contribution < -0.4 is 15.8 Å². The lowest BCUT2D eigenvalue weighted by Crippen LogP contribution is -2.45. The maximum absolute atomic E-state index is 12.5. The van der Waals surface area contributed by atoms with Crippen LogP contribution >= 0.6 is 0 Å². The molecule has 9 heteroatoms. The van der Waals surface area contributed by atoms with E-state index >= 15 is 0 Å². The average molecular weight is 426 g/mol. The molecule has 0 aliphatic heterocycles. The highest BCUT2D eigenvalue weighted by molar-refractivity contribution is 7.90. The van der Waals surface area contributed by atoms with E-state index in [2.05, 4.69) is 10.0 Å². The molecule has 0 spiro atoms. The van der Waals surface area contributed by atoms with E-state index in [1.807, 2.05) is 20.8 Å². The fraction of sp³-hybridized carbons (Fsp3) is 0.600. The molecular formula is C20H31N3O5S. The third kappa shape index (κ3) is 7.23. The Labute approximate surface area is 172 Å². The lowest BCUT2D eigenvalue weighted by molar-refractivity contribution is 0.0374. The van der Waals surface area contributed by atoms with Crippen molar-refractivity contribution in [1.82, 2.24) is 10.0 Å². The topological polar surface area (TPSA) is 128 Å². The van der Waals surface area contributed by atoms with Gasteiger partial charge in [0.25, 0.3) is 10.0 Å². The normalized spacial score (nSPS) is 16.7. The molecule has 2 rings (SSSR count). The fourth-order valence-electron chi connectivity index (χ4n) is 3.33. The van der Waals surface area contributed by atoms with Gasteiger partial charge in [-0.15, -0.1) is 0 Å². The number of rotatable bonds is 6. The summed E-state index contributed by atoms with van der Waals surface area (Å²) < 4.78 is 32.2. The summed E-state index contributed by atoms with van der Waals surface area (Å²) in [6.45, 7) is 5.77. The van der Waals surface area contributed by atoms with Gasteiger partial charge in [-0.1, -0.05) is 52.2 Å². The highest BCUT2D eigenvalue weighted by Gasteiger charge is 2.28. The summed E-state index contributed by atoms with van der Waals surface area (Å²) in [7, 11) is -3.97. The molecule has 29 heavy (non-hydrogen) atoms. The molecule has 8 nitrogen and oxygen atoms in total. The van der Waals surface area contributed by atoms with E-state index in [4.69, 9.17) is 10.5 Å². The summed E-state index contributed by atoms with van der Waals surface area (Å²) in [5, 5.41) is 2.73. The number of hydrogen-bond donors (Lipinski definition) is 3. The first-order valence-electron chi connectivity index (χ1n) is 9.86. The molecule has 0 aromatic heterocycles. The zero-order chi connectivity index (χ0) is 21.7. The maximum Gasteiger partial charge on any atom is 0.404 e. The van der Waals surface area contributed by atoms with Crippen molar-refractivity contribution in [2.24, 2.45) is 11.1 Å². The number of ether oxygens (including phenoxy) is 1. The molecule has 0 radical (unpaired) electrons. The molecule has 1 atom stereocenters. The molecule has 1 aliphatic rings. The zero-order valence-corrected chi connectivity index (χ0v) is 18.1. The Kier molecular flexibility index (Phi) is 7.51. The fourth-order valence-corrected chi connectivity index (χ4v) is 4.24. The lowest BCUT2D eigenvalue weighted by Gasteiger charge is -2.29. The van der Waals surface area contributed by atoms with Crippen LogP contribution in [0.2, 0.25) is 0 Å². The third-order valence-electron chi connectivity index (χ3n) is 5.05. The van der Waals surface area contributed by atoms with Crippen LogP contribution in [0, 0.1) is 5.41 Å². The van der Waals surface area contributed by atoms with E-state index in [-0.39, 0.29) is 16.4 Å². The number of carbonyl (C=O) groups excluding carboxylic acids is 2. The van der Waals surface area contributed by atoms with Crippen LogP contribution in [0.4, 0.5) is 9.59 Å². The first-order chi connectivity index (χ1) is 13.5. The molecular weight excluding hydrogens is 394 g/mol. The van der Waals surface area contributed by atoms with Crippen molar-refractivity contribution >= 4 is 22.1 Å². The van der Waals surface area contributed by atoms with Gasteiger partial charge in [0.05, 0.1) is 4.90 Å². The first-order valence-corrected chi connectivity index (χ1v) is 11.3. The van der Waals surface area contributed by atoms with Crippen LogP contribution in [-0.2, 0) is 21.2 Å². The van der Waals surface area contributed by atoms with Gasteiger partial charge in [0.15, 0.2) is 0 Å². The van der Waals surface area contributed by atoms with Gasteiger partial charge in [-0.05, 0) is 36.0 Å². The summed E-state index contributed by atoms with van der Waals surface area (Å²) in [6.07, 6.45) is 4.03. The van der Waals surface area contributed by atoms with Crippen LogP contribution in [0.25, 0.3) is 0 Å². The number of sulfonamides is 1. The van der Waals surface area contributed by atoms with Crippen LogP contribution in [0.5, 0.6) is 0 Å². The Balaban J connectivity index is 2.01. The van der Waals surface area contributed by atoms with Crippen molar-refractivity contribution in [3.8, 4) is 0 Å². The standard InChI is InChI=1S/C20H31N3O5S/c1-20(2,3)17(28-18(21)24)13-14-9-11-16(12-10-14)29(26,27)23-19(25)22-15-7-5-4-6-8-15/h9-12,15,17H,4-8,13H2,1-3H3,(H2,21,24)(H2,22,23,25). The average Bonchev–Trinajstić information content (AvgIpc) is 2.61. The first kappa shape index (κ1) is 23.0. The van der Waals surface area contributed by atoms with Crippen LogP contribution in [0.15, 0.2) is 29.2 Å². The minimum absolute atomic E-state index is 0.0110. The monoisotopic (exact) mass is 425 g/mol. The van der Waals surface area contributed by atoms with E-state index in [1.54, 1.807) is 12.1 Å². The number of benzene rings is 1. The Hall–Kier alpha value is -2.29. The van der Waals surface area contributed by atoms with E-state index in [1.165, 1.54) is 12.1 Å². The molecule has 0 heterocycles. The van der Waals surface area contributed by atoms with Crippen LogP contribution in [0.3, 0.4) is 0 Å². The van der Waals surface area contributed by atoms with Gasteiger partial charge in [0, 0.05) is 12.5 Å². The molecule has 162 valence electrons. The molecule has 0 saturated heterocycles. The number of amides is 3. The molecule has 1 unspecified atom stereocenters. The van der Waals surface area contributed by atoms with Crippen molar-refractivity contribution in [3.05, 3.63) is 29.8 Å². The minimum atomic E-state index is -3.97. The molecule has 1 aromatic carbocycles. The van der Waals surface area contributed by atoms with Crippen molar-refractivity contribution in [1.29, 1.82) is 0 Å². The van der Waals surface area contributed by atoms with E-state index in [9.17, 15) is 18.0 Å². The molecule has 3 amide bonds. The van der Waals surface area contributed by atoms with Crippen molar-refractivity contribution in [2.45, 2.75) is 76.3 Å². The Morgan fingerprint density at radius 2 is 1.72 bits per heavy atom. The summed E-state index contributed by atoms with van der Waals surface area (Å²) in [5.74, 6) is 0. The van der Waals surface area contributed by atoms with E-state index < -0.39 is 28.3 Å². The van der Waals surface area contributed by atoms with E-state index in [0.29, 0.717) is 6.42 Å². The second-order valence-corrected chi connectivity index (χ2v) is 10.2. The predicted octanol–water partition coefficient (Wildman–Crippen LogP) is 3.06. The molecule has 1 aliphatic carbocycles. The molecule has 0 bridgehead atoms. The van der Waals surface area contributed by atoms with Gasteiger partial charge < -0.3 is 15.8 Å². The number of primary amides is 1. The molecule has 1 aromatic rings. The van der Waals surface area contributed by atoms with Gasteiger partial charge in [-0.3, -0.25) is 0 Å².